The smallest absolute Gasteiger partial charge is 0.230 e. The number of hydrogen-bond donors (Lipinski definition) is 1. The van der Waals surface area contributed by atoms with Crippen molar-refractivity contribution in [2.75, 3.05) is 5.75 Å². The first-order valence-electron chi connectivity index (χ1n) is 9.04. The molecule has 0 saturated carbocycles. The van der Waals surface area contributed by atoms with E-state index in [0.717, 1.165) is 21.9 Å². The molecule has 4 aromatic rings. The van der Waals surface area contributed by atoms with Gasteiger partial charge in [-0.1, -0.05) is 35.9 Å². The summed E-state index contributed by atoms with van der Waals surface area (Å²) in [6.07, 6.45) is 3.60. The van der Waals surface area contributed by atoms with Gasteiger partial charge < -0.3 is 9.88 Å². The van der Waals surface area contributed by atoms with Crippen LogP contribution in [-0.4, -0.2) is 26.2 Å². The van der Waals surface area contributed by atoms with E-state index in [1.54, 1.807) is 29.3 Å². The number of hydrogen-bond acceptors (Lipinski definition) is 5. The summed E-state index contributed by atoms with van der Waals surface area (Å²) in [6, 6.07) is 15.2. The van der Waals surface area contributed by atoms with Crippen LogP contribution in [0.3, 0.4) is 0 Å². The number of aromatic nitrogens is 3. The maximum Gasteiger partial charge on any atom is 0.230 e. The molecule has 5 nitrogen and oxygen atoms in total. The molecular weight excluding hydrogens is 424 g/mol. The maximum atomic E-state index is 12.7. The van der Waals surface area contributed by atoms with E-state index in [1.165, 1.54) is 4.70 Å². The van der Waals surface area contributed by atoms with Crippen LogP contribution in [0.5, 0.6) is 0 Å². The Morgan fingerprint density at radius 3 is 2.76 bits per heavy atom. The lowest BCUT2D eigenvalue weighted by Crippen LogP contribution is -2.32. The number of para-hydroxylation sites is 1. The molecule has 148 valence electrons. The minimum atomic E-state index is -0.331. The van der Waals surface area contributed by atoms with Crippen molar-refractivity contribution in [2.24, 2.45) is 7.05 Å². The van der Waals surface area contributed by atoms with E-state index in [1.807, 2.05) is 60.3 Å². The summed E-state index contributed by atoms with van der Waals surface area (Å²) in [6.45, 7) is 0. The van der Waals surface area contributed by atoms with Gasteiger partial charge in [-0.3, -0.25) is 4.79 Å². The van der Waals surface area contributed by atoms with Crippen LogP contribution in [0.25, 0.3) is 10.2 Å². The standard InChI is InChI=1S/C21H19ClN4OS2/c1-26-11-10-23-21(26)20(14-6-8-15(22)9-7-14)25-18(27)12-28-13-19-24-16-4-2-3-5-17(16)29-19/h2-11,20H,12-13H2,1H3,(H,25,27). The number of imidazole rings is 1. The lowest BCUT2D eigenvalue weighted by atomic mass is 10.1. The molecule has 1 amide bonds. The van der Waals surface area contributed by atoms with Crippen LogP contribution < -0.4 is 5.32 Å². The number of rotatable bonds is 7. The van der Waals surface area contributed by atoms with Gasteiger partial charge in [0.05, 0.1) is 16.0 Å². The van der Waals surface area contributed by atoms with Crippen molar-refractivity contribution in [3.63, 3.8) is 0 Å². The maximum absolute atomic E-state index is 12.7. The van der Waals surface area contributed by atoms with Gasteiger partial charge in [0.1, 0.15) is 16.9 Å². The molecule has 0 bridgehead atoms. The molecule has 0 aliphatic rings. The highest BCUT2D eigenvalue weighted by molar-refractivity contribution is 7.99. The molecule has 0 radical (unpaired) electrons. The van der Waals surface area contributed by atoms with Crippen molar-refractivity contribution in [1.29, 1.82) is 0 Å². The van der Waals surface area contributed by atoms with Gasteiger partial charge in [-0.2, -0.15) is 0 Å². The van der Waals surface area contributed by atoms with E-state index in [2.05, 4.69) is 21.4 Å². The molecule has 1 N–H and O–H groups in total. The molecule has 0 saturated heterocycles. The van der Waals surface area contributed by atoms with Gasteiger partial charge in [0.2, 0.25) is 5.91 Å². The molecule has 1 atom stereocenters. The molecule has 0 spiro atoms. The van der Waals surface area contributed by atoms with Gasteiger partial charge >= 0.3 is 0 Å². The summed E-state index contributed by atoms with van der Waals surface area (Å²) in [7, 11) is 1.92. The number of thioether (sulfide) groups is 1. The third-order valence-electron chi connectivity index (χ3n) is 4.42. The van der Waals surface area contributed by atoms with E-state index in [0.29, 0.717) is 16.5 Å². The molecular formula is C21H19ClN4OS2. The van der Waals surface area contributed by atoms with Gasteiger partial charge in [-0.25, -0.2) is 9.97 Å². The Labute approximate surface area is 182 Å². The largest absolute Gasteiger partial charge is 0.341 e. The van der Waals surface area contributed by atoms with Crippen molar-refractivity contribution in [3.8, 4) is 0 Å². The quantitative estimate of drug-likeness (QED) is 0.445. The fourth-order valence-corrected chi connectivity index (χ4v) is 5.01. The number of amides is 1. The number of nitrogens with one attached hydrogen (secondary N) is 1. The Hall–Kier alpha value is -2.35. The van der Waals surface area contributed by atoms with Crippen molar-refractivity contribution in [2.45, 2.75) is 11.8 Å². The lowest BCUT2D eigenvalue weighted by molar-refractivity contribution is -0.119. The van der Waals surface area contributed by atoms with Crippen LogP contribution in [0.1, 0.15) is 22.4 Å². The van der Waals surface area contributed by atoms with Crippen molar-refractivity contribution in [3.05, 3.63) is 82.3 Å². The zero-order chi connectivity index (χ0) is 20.2. The normalized spacial score (nSPS) is 12.2. The highest BCUT2D eigenvalue weighted by Crippen LogP contribution is 2.25. The highest BCUT2D eigenvalue weighted by atomic mass is 35.5. The number of aryl methyl sites for hydroxylation is 1. The Kier molecular flexibility index (Phi) is 6.18. The van der Waals surface area contributed by atoms with Gasteiger partial charge in [0.25, 0.3) is 0 Å². The van der Waals surface area contributed by atoms with Gasteiger partial charge in [0, 0.05) is 30.2 Å². The second-order valence-electron chi connectivity index (χ2n) is 6.52. The molecule has 8 heteroatoms. The first kappa shape index (κ1) is 19.9. The van der Waals surface area contributed by atoms with E-state index in [-0.39, 0.29) is 11.9 Å². The molecule has 4 rings (SSSR count). The first-order chi connectivity index (χ1) is 14.1. The summed E-state index contributed by atoms with van der Waals surface area (Å²) < 4.78 is 3.08. The summed E-state index contributed by atoms with van der Waals surface area (Å²) in [5.41, 5.74) is 1.95. The predicted molar refractivity (Wildman–Crippen MR) is 120 cm³/mol. The number of benzene rings is 2. The minimum absolute atomic E-state index is 0.0425. The average Bonchev–Trinajstić information content (AvgIpc) is 3.32. The van der Waals surface area contributed by atoms with Crippen LogP contribution in [-0.2, 0) is 17.6 Å². The number of fused-ring (bicyclic) bond motifs is 1. The number of thiazole rings is 1. The molecule has 1 unspecified atom stereocenters. The molecule has 29 heavy (non-hydrogen) atoms. The zero-order valence-electron chi connectivity index (χ0n) is 15.7. The van der Waals surface area contributed by atoms with Crippen molar-refractivity contribution >= 4 is 50.8 Å². The summed E-state index contributed by atoms with van der Waals surface area (Å²) in [4.78, 5) is 21.7. The van der Waals surface area contributed by atoms with E-state index >= 15 is 0 Å². The molecule has 0 aliphatic carbocycles. The topological polar surface area (TPSA) is 59.8 Å². The summed E-state index contributed by atoms with van der Waals surface area (Å²) in [5, 5.41) is 4.79. The second kappa shape index (κ2) is 8.98. The van der Waals surface area contributed by atoms with Gasteiger partial charge in [0.15, 0.2) is 0 Å². The molecule has 2 aromatic heterocycles. The van der Waals surface area contributed by atoms with Crippen LogP contribution in [0, 0.1) is 0 Å². The molecule has 0 fully saturated rings. The number of halogens is 1. The fraction of sp³-hybridized carbons (Fsp3) is 0.190. The SMILES string of the molecule is Cn1ccnc1C(NC(=O)CSCc1nc2ccccc2s1)c1ccc(Cl)cc1. The predicted octanol–water partition coefficient (Wildman–Crippen LogP) is 4.82. The third kappa shape index (κ3) is 4.80. The fourth-order valence-electron chi connectivity index (χ4n) is 3.02. The van der Waals surface area contributed by atoms with E-state index in [4.69, 9.17) is 11.6 Å². The molecule has 2 heterocycles. The van der Waals surface area contributed by atoms with E-state index < -0.39 is 0 Å². The van der Waals surface area contributed by atoms with Crippen LogP contribution in [0.15, 0.2) is 60.9 Å². The van der Waals surface area contributed by atoms with Gasteiger partial charge in [-0.05, 0) is 29.8 Å². The van der Waals surface area contributed by atoms with Gasteiger partial charge in [-0.15, -0.1) is 23.1 Å². The number of nitrogens with zero attached hydrogens (tertiary/aromatic N) is 3. The first-order valence-corrected chi connectivity index (χ1v) is 11.4. The average molecular weight is 443 g/mol. The lowest BCUT2D eigenvalue weighted by Gasteiger charge is -2.19. The van der Waals surface area contributed by atoms with Crippen LogP contribution in [0.4, 0.5) is 0 Å². The molecule has 0 aliphatic heterocycles. The second-order valence-corrected chi connectivity index (χ2v) is 9.05. The Balaban J connectivity index is 1.41. The zero-order valence-corrected chi connectivity index (χ0v) is 18.1. The summed E-state index contributed by atoms with van der Waals surface area (Å²) in [5.74, 6) is 1.79. The Bertz CT molecular complexity index is 1090. The highest BCUT2D eigenvalue weighted by Gasteiger charge is 2.20. The molecule has 2 aromatic carbocycles. The Morgan fingerprint density at radius 1 is 1.24 bits per heavy atom. The number of carbonyl (C=O) groups is 1. The van der Waals surface area contributed by atoms with Crippen molar-refractivity contribution < 1.29 is 4.79 Å². The minimum Gasteiger partial charge on any atom is -0.341 e. The van der Waals surface area contributed by atoms with Crippen LogP contribution >= 0.6 is 34.7 Å². The van der Waals surface area contributed by atoms with E-state index in [9.17, 15) is 4.79 Å². The third-order valence-corrected chi connectivity index (χ3v) is 6.84. The number of carbonyl (C=O) groups excluding carboxylic acids is 1. The monoisotopic (exact) mass is 442 g/mol. The van der Waals surface area contributed by atoms with Crippen LogP contribution in [0.2, 0.25) is 5.02 Å². The Morgan fingerprint density at radius 2 is 2.03 bits per heavy atom. The van der Waals surface area contributed by atoms with Crippen molar-refractivity contribution in [1.82, 2.24) is 19.9 Å². The summed E-state index contributed by atoms with van der Waals surface area (Å²) >= 11 is 9.25.